The summed E-state index contributed by atoms with van der Waals surface area (Å²) in [6, 6.07) is 25.5. The first-order valence-electron chi connectivity index (χ1n) is 11.4. The van der Waals surface area contributed by atoms with Gasteiger partial charge in [-0.05, 0) is 40.8 Å². The molecular formula is C26H26ClN5O2S. The number of hydrazone groups is 1. The molecule has 2 heterocycles. The zero-order valence-electron chi connectivity index (χ0n) is 19.3. The summed E-state index contributed by atoms with van der Waals surface area (Å²) in [6.07, 6.45) is 0.675. The molecule has 2 aliphatic rings. The second-order valence-electron chi connectivity index (χ2n) is 8.54. The van der Waals surface area contributed by atoms with Crippen molar-refractivity contribution < 1.29 is 8.42 Å². The molecule has 0 amide bonds. The molecule has 3 aromatic rings. The van der Waals surface area contributed by atoms with Crippen LogP contribution in [0.3, 0.4) is 0 Å². The van der Waals surface area contributed by atoms with Crippen LogP contribution in [0, 0.1) is 0 Å². The second-order valence-corrected chi connectivity index (χ2v) is 10.7. The van der Waals surface area contributed by atoms with Crippen molar-refractivity contribution in [1.82, 2.24) is 14.0 Å². The van der Waals surface area contributed by atoms with Crippen LogP contribution in [-0.4, -0.2) is 49.5 Å². The summed E-state index contributed by atoms with van der Waals surface area (Å²) < 4.78 is 30.8. The molecule has 0 saturated heterocycles. The van der Waals surface area contributed by atoms with Gasteiger partial charge in [0.15, 0.2) is 0 Å². The predicted octanol–water partition coefficient (Wildman–Crippen LogP) is 4.02. The highest BCUT2D eigenvalue weighted by Gasteiger charge is 2.34. The van der Waals surface area contributed by atoms with Crippen molar-refractivity contribution in [3.8, 4) is 0 Å². The number of hydrogen-bond donors (Lipinski definition) is 1. The van der Waals surface area contributed by atoms with Gasteiger partial charge in [0.25, 0.3) is 0 Å². The maximum atomic E-state index is 13.3. The molecule has 0 spiro atoms. The lowest BCUT2D eigenvalue weighted by Gasteiger charge is -2.29. The summed E-state index contributed by atoms with van der Waals surface area (Å²) in [5, 5.41) is 7.09. The van der Waals surface area contributed by atoms with Crippen molar-refractivity contribution in [3.63, 3.8) is 0 Å². The van der Waals surface area contributed by atoms with E-state index < -0.39 is 10.2 Å². The Morgan fingerprint density at radius 3 is 2.40 bits per heavy atom. The maximum absolute atomic E-state index is 13.3. The van der Waals surface area contributed by atoms with Gasteiger partial charge in [-0.2, -0.15) is 17.8 Å². The molecule has 0 aromatic heterocycles. The number of fused-ring (bicyclic) bond motifs is 1. The molecule has 0 saturated carbocycles. The largest absolute Gasteiger partial charge is 0.304 e. The van der Waals surface area contributed by atoms with Crippen LogP contribution in [-0.2, 0) is 23.2 Å². The van der Waals surface area contributed by atoms with Crippen molar-refractivity contribution in [2.24, 2.45) is 10.1 Å². The zero-order valence-corrected chi connectivity index (χ0v) is 20.9. The molecule has 1 N–H and O–H groups in total. The number of nitrogens with zero attached hydrogens (tertiary/aromatic N) is 4. The highest BCUT2D eigenvalue weighted by Crippen LogP contribution is 2.29. The van der Waals surface area contributed by atoms with Gasteiger partial charge in [-0.1, -0.05) is 78.3 Å². The van der Waals surface area contributed by atoms with E-state index in [1.807, 2.05) is 66.7 Å². The van der Waals surface area contributed by atoms with Crippen LogP contribution < -0.4 is 4.72 Å². The molecule has 2 aliphatic heterocycles. The van der Waals surface area contributed by atoms with Gasteiger partial charge >= 0.3 is 10.2 Å². The normalized spacial score (nSPS) is 18.8. The molecule has 0 radical (unpaired) electrons. The van der Waals surface area contributed by atoms with Crippen molar-refractivity contribution >= 4 is 33.5 Å². The Hall–Kier alpha value is -3.20. The minimum absolute atomic E-state index is 0.0551. The Labute approximate surface area is 210 Å². The number of aliphatic imine (C=N–C) groups is 1. The van der Waals surface area contributed by atoms with Crippen molar-refractivity contribution in [2.45, 2.75) is 18.9 Å². The fourth-order valence-corrected chi connectivity index (χ4v) is 5.85. The van der Waals surface area contributed by atoms with Crippen LogP contribution in [0.1, 0.15) is 28.2 Å². The molecule has 3 aromatic carbocycles. The zero-order chi connectivity index (χ0) is 24.4. The SMILES string of the molecule is CN=C(NS(=O)(=O)N1CCc2ccccc2C1)N1CC(c2ccccc2)C(c2ccc(Cl)cc2)=N1. The number of hydrogen-bond acceptors (Lipinski definition) is 4. The summed E-state index contributed by atoms with van der Waals surface area (Å²) >= 11 is 6.10. The number of benzene rings is 3. The van der Waals surface area contributed by atoms with E-state index in [4.69, 9.17) is 16.7 Å². The van der Waals surface area contributed by atoms with Crippen LogP contribution >= 0.6 is 11.6 Å². The number of nitrogens with one attached hydrogen (secondary N) is 1. The molecular weight excluding hydrogens is 482 g/mol. The van der Waals surface area contributed by atoms with E-state index in [1.165, 1.54) is 9.87 Å². The average molecular weight is 508 g/mol. The van der Waals surface area contributed by atoms with Crippen molar-refractivity contribution in [3.05, 3.63) is 106 Å². The highest BCUT2D eigenvalue weighted by molar-refractivity contribution is 7.87. The maximum Gasteiger partial charge on any atom is 0.304 e. The van der Waals surface area contributed by atoms with Gasteiger partial charge in [0.1, 0.15) is 0 Å². The van der Waals surface area contributed by atoms with E-state index in [-0.39, 0.29) is 11.9 Å². The Morgan fingerprint density at radius 2 is 1.69 bits per heavy atom. The van der Waals surface area contributed by atoms with Gasteiger partial charge in [0.2, 0.25) is 5.96 Å². The fraction of sp³-hybridized carbons (Fsp3) is 0.231. The summed E-state index contributed by atoms with van der Waals surface area (Å²) in [5.74, 6) is 0.134. The molecule has 7 nitrogen and oxygen atoms in total. The fourth-order valence-electron chi connectivity index (χ4n) is 4.53. The third-order valence-corrected chi connectivity index (χ3v) is 8.05. The molecule has 5 rings (SSSR count). The number of halogens is 1. The first kappa shape index (κ1) is 23.5. The van der Waals surface area contributed by atoms with Crippen LogP contribution in [0.2, 0.25) is 5.02 Å². The van der Waals surface area contributed by atoms with Crippen LogP contribution in [0.4, 0.5) is 0 Å². The topological polar surface area (TPSA) is 77.4 Å². The van der Waals surface area contributed by atoms with Crippen molar-refractivity contribution in [2.75, 3.05) is 20.1 Å². The van der Waals surface area contributed by atoms with Crippen LogP contribution in [0.5, 0.6) is 0 Å². The predicted molar refractivity (Wildman–Crippen MR) is 140 cm³/mol. The number of guanidine groups is 1. The quantitative estimate of drug-likeness (QED) is 0.428. The van der Waals surface area contributed by atoms with Gasteiger partial charge in [-0.15, -0.1) is 0 Å². The van der Waals surface area contributed by atoms with E-state index in [2.05, 4.69) is 21.8 Å². The Morgan fingerprint density at radius 1 is 1.00 bits per heavy atom. The standard InChI is InChI=1S/C26H26ClN5O2S/c1-28-26(30-35(33,34)31-16-15-19-7-5-6-10-22(19)17-31)32-18-24(20-8-3-2-4-9-20)25(29-32)21-11-13-23(27)14-12-21/h2-14,24H,15-18H2,1H3,(H,28,30). The first-order valence-corrected chi connectivity index (χ1v) is 13.2. The summed E-state index contributed by atoms with van der Waals surface area (Å²) in [6.45, 7) is 1.20. The monoisotopic (exact) mass is 507 g/mol. The minimum Gasteiger partial charge on any atom is -0.254 e. The summed E-state index contributed by atoms with van der Waals surface area (Å²) in [5.41, 5.74) is 5.06. The van der Waals surface area contributed by atoms with E-state index in [9.17, 15) is 8.42 Å². The molecule has 35 heavy (non-hydrogen) atoms. The van der Waals surface area contributed by atoms with Crippen LogP contribution in [0.25, 0.3) is 0 Å². The Bertz CT molecular complexity index is 1370. The van der Waals surface area contributed by atoms with Crippen molar-refractivity contribution in [1.29, 1.82) is 0 Å². The lowest BCUT2D eigenvalue weighted by Crippen LogP contribution is -2.49. The second kappa shape index (κ2) is 9.81. The Balaban J connectivity index is 1.41. The molecule has 0 bridgehead atoms. The summed E-state index contributed by atoms with van der Waals surface area (Å²) in [4.78, 5) is 4.26. The van der Waals surface area contributed by atoms with Gasteiger partial charge in [0.05, 0.1) is 12.3 Å². The minimum atomic E-state index is -3.82. The Kier molecular flexibility index (Phi) is 6.60. The van der Waals surface area contributed by atoms with Gasteiger partial charge in [-0.25, -0.2) is 9.73 Å². The van der Waals surface area contributed by atoms with E-state index in [1.54, 1.807) is 12.1 Å². The van der Waals surface area contributed by atoms with E-state index in [0.717, 1.165) is 22.4 Å². The molecule has 0 fully saturated rings. The smallest absolute Gasteiger partial charge is 0.254 e. The highest BCUT2D eigenvalue weighted by atomic mass is 35.5. The lowest BCUT2D eigenvalue weighted by atomic mass is 9.91. The average Bonchev–Trinajstić information content (AvgIpc) is 3.33. The summed E-state index contributed by atoms with van der Waals surface area (Å²) in [7, 11) is -2.25. The van der Waals surface area contributed by atoms with E-state index >= 15 is 0 Å². The molecule has 180 valence electrons. The third-order valence-electron chi connectivity index (χ3n) is 6.37. The third kappa shape index (κ3) is 4.96. The first-order chi connectivity index (χ1) is 16.9. The van der Waals surface area contributed by atoms with Gasteiger partial charge in [0, 0.05) is 31.1 Å². The molecule has 1 unspecified atom stereocenters. The van der Waals surface area contributed by atoms with Crippen LogP contribution in [0.15, 0.2) is 89.0 Å². The van der Waals surface area contributed by atoms with E-state index in [0.29, 0.717) is 31.1 Å². The molecule has 9 heteroatoms. The van der Waals surface area contributed by atoms with Gasteiger partial charge in [-0.3, -0.25) is 4.99 Å². The number of rotatable bonds is 4. The molecule has 1 atom stereocenters. The lowest BCUT2D eigenvalue weighted by molar-refractivity contribution is 0.385. The molecule has 0 aliphatic carbocycles. The van der Waals surface area contributed by atoms with Gasteiger partial charge < -0.3 is 0 Å².